The van der Waals surface area contributed by atoms with Crippen LogP contribution in [0.4, 0.5) is 0 Å². The van der Waals surface area contributed by atoms with Crippen molar-refractivity contribution in [3.8, 4) is 0 Å². The van der Waals surface area contributed by atoms with E-state index >= 15 is 0 Å². The van der Waals surface area contributed by atoms with Crippen LogP contribution >= 0.6 is 15.9 Å². The number of benzene rings is 1. The zero-order valence-corrected chi connectivity index (χ0v) is 14.9. The number of H-pyrrole nitrogens is 1. The second-order valence-electron chi connectivity index (χ2n) is 6.06. The molecular formula is C19H20BrN3O. The average molecular weight is 386 g/mol. The van der Waals surface area contributed by atoms with Crippen LogP contribution in [0.15, 0.2) is 65.1 Å². The molecule has 0 amide bonds. The summed E-state index contributed by atoms with van der Waals surface area (Å²) in [6, 6.07) is 7.87. The predicted octanol–water partition coefficient (Wildman–Crippen LogP) is 3.67. The molecule has 1 unspecified atom stereocenters. The van der Waals surface area contributed by atoms with Crippen LogP contribution in [0.1, 0.15) is 30.0 Å². The Bertz CT molecular complexity index is 747. The molecule has 4 nitrogen and oxygen atoms in total. The lowest BCUT2D eigenvalue weighted by molar-refractivity contribution is -0.119. The van der Waals surface area contributed by atoms with E-state index in [0.717, 1.165) is 22.2 Å². The Labute approximate surface area is 150 Å². The maximum Gasteiger partial charge on any atom is 0.154 e. The lowest BCUT2D eigenvalue weighted by Gasteiger charge is -2.17. The molecule has 1 aliphatic carbocycles. The lowest BCUT2D eigenvalue weighted by atomic mass is 9.88. The molecule has 0 saturated heterocycles. The van der Waals surface area contributed by atoms with E-state index in [1.54, 1.807) is 12.5 Å². The zero-order chi connectivity index (χ0) is 16.9. The summed E-state index contributed by atoms with van der Waals surface area (Å²) in [6.07, 6.45) is 11.5. The molecule has 124 valence electrons. The summed E-state index contributed by atoms with van der Waals surface area (Å²) in [7, 11) is 0. The van der Waals surface area contributed by atoms with Gasteiger partial charge in [0.15, 0.2) is 5.78 Å². The Morgan fingerprint density at radius 2 is 2.17 bits per heavy atom. The normalized spacial score (nSPS) is 18.2. The summed E-state index contributed by atoms with van der Waals surface area (Å²) >= 11 is 3.46. The van der Waals surface area contributed by atoms with Crippen molar-refractivity contribution < 1.29 is 4.79 Å². The highest BCUT2D eigenvalue weighted by atomic mass is 79.9. The van der Waals surface area contributed by atoms with Gasteiger partial charge in [-0.2, -0.15) is 0 Å². The predicted molar refractivity (Wildman–Crippen MR) is 98.6 cm³/mol. The molecule has 5 heteroatoms. The quantitative estimate of drug-likeness (QED) is 0.796. The van der Waals surface area contributed by atoms with E-state index in [9.17, 15) is 4.79 Å². The van der Waals surface area contributed by atoms with Crippen LogP contribution in [0, 0.1) is 0 Å². The summed E-state index contributed by atoms with van der Waals surface area (Å²) in [5.74, 6) is 0.429. The van der Waals surface area contributed by atoms with Gasteiger partial charge in [-0.05, 0) is 29.7 Å². The van der Waals surface area contributed by atoms with Crippen molar-refractivity contribution in [3.63, 3.8) is 0 Å². The summed E-state index contributed by atoms with van der Waals surface area (Å²) < 4.78 is 1.08. The van der Waals surface area contributed by atoms with Gasteiger partial charge >= 0.3 is 0 Å². The second-order valence-corrected chi connectivity index (χ2v) is 6.98. The third-order valence-electron chi connectivity index (χ3n) is 4.26. The molecule has 0 saturated carbocycles. The Morgan fingerprint density at radius 1 is 1.38 bits per heavy atom. The fourth-order valence-corrected chi connectivity index (χ4v) is 3.10. The summed E-state index contributed by atoms with van der Waals surface area (Å²) in [5, 5.41) is 0. The van der Waals surface area contributed by atoms with E-state index in [1.165, 1.54) is 5.56 Å². The minimum absolute atomic E-state index is 0.0580. The highest BCUT2D eigenvalue weighted by molar-refractivity contribution is 9.10. The van der Waals surface area contributed by atoms with E-state index in [-0.39, 0.29) is 5.78 Å². The third-order valence-corrected chi connectivity index (χ3v) is 4.79. The second kappa shape index (κ2) is 7.73. The van der Waals surface area contributed by atoms with Gasteiger partial charge in [0.05, 0.1) is 12.4 Å². The van der Waals surface area contributed by atoms with Gasteiger partial charge in [-0.15, -0.1) is 0 Å². The first kappa shape index (κ1) is 16.9. The van der Waals surface area contributed by atoms with E-state index in [0.29, 0.717) is 18.8 Å². The Kier molecular flexibility index (Phi) is 5.43. The number of nitrogens with one attached hydrogen (secondary N) is 1. The standard InChI is InChI=1S/C19H20BrN3O/c20-16-7-5-15(6-8-16)14-3-1-13(2-4-14)9-19(24)18(21)10-17-11-22-12-23-17/h1-3,5-8,11-12,14,18H,4,9-10,21H2,(H,22,23)/t14?,18-/m0/s1. The van der Waals surface area contributed by atoms with Crippen LogP contribution in [0.25, 0.3) is 0 Å². The number of aromatic amines is 1. The Hall–Kier alpha value is -1.98. The first-order valence-electron chi connectivity index (χ1n) is 8.00. The molecule has 0 bridgehead atoms. The van der Waals surface area contributed by atoms with E-state index in [4.69, 9.17) is 5.73 Å². The summed E-state index contributed by atoms with van der Waals surface area (Å²) in [5.41, 5.74) is 9.23. The third kappa shape index (κ3) is 4.30. The number of carbonyl (C=O) groups excluding carboxylic acids is 1. The molecule has 2 aromatic rings. The van der Waals surface area contributed by atoms with Crippen molar-refractivity contribution in [2.75, 3.05) is 0 Å². The van der Waals surface area contributed by atoms with Crippen molar-refractivity contribution in [1.29, 1.82) is 0 Å². The Balaban J connectivity index is 1.54. The van der Waals surface area contributed by atoms with Gasteiger partial charge in [0.1, 0.15) is 0 Å². The van der Waals surface area contributed by atoms with Crippen LogP contribution in [-0.4, -0.2) is 21.8 Å². The van der Waals surface area contributed by atoms with Crippen molar-refractivity contribution in [2.24, 2.45) is 5.73 Å². The van der Waals surface area contributed by atoms with Crippen molar-refractivity contribution in [1.82, 2.24) is 9.97 Å². The minimum Gasteiger partial charge on any atom is -0.348 e. The van der Waals surface area contributed by atoms with Gasteiger partial charge in [0, 0.05) is 35.1 Å². The number of allylic oxidation sites excluding steroid dienone is 4. The lowest BCUT2D eigenvalue weighted by Crippen LogP contribution is -2.33. The molecule has 1 heterocycles. The molecule has 24 heavy (non-hydrogen) atoms. The van der Waals surface area contributed by atoms with Crippen LogP contribution < -0.4 is 5.73 Å². The molecule has 1 aliphatic rings. The maximum atomic E-state index is 12.3. The maximum absolute atomic E-state index is 12.3. The molecule has 1 aromatic carbocycles. The minimum atomic E-state index is -0.496. The molecule has 2 atom stereocenters. The van der Waals surface area contributed by atoms with Crippen molar-refractivity contribution in [2.45, 2.75) is 31.2 Å². The first-order chi connectivity index (χ1) is 11.6. The smallest absolute Gasteiger partial charge is 0.154 e. The monoisotopic (exact) mass is 385 g/mol. The fourth-order valence-electron chi connectivity index (χ4n) is 2.83. The molecule has 0 fully saturated rings. The SMILES string of the molecule is N[C@@H](Cc1cnc[nH]1)C(=O)CC1=CCC(c2ccc(Br)cc2)C=C1. The Morgan fingerprint density at radius 3 is 2.79 bits per heavy atom. The molecular weight excluding hydrogens is 366 g/mol. The van der Waals surface area contributed by atoms with E-state index in [2.05, 4.69) is 68.4 Å². The van der Waals surface area contributed by atoms with Crippen LogP contribution in [0.5, 0.6) is 0 Å². The zero-order valence-electron chi connectivity index (χ0n) is 13.3. The number of carbonyl (C=O) groups is 1. The number of imidazole rings is 1. The number of halogens is 1. The largest absolute Gasteiger partial charge is 0.348 e. The van der Waals surface area contributed by atoms with Gasteiger partial charge in [0.2, 0.25) is 0 Å². The number of Topliss-reactive ketones (excluding diaryl/α,β-unsaturated/α-hetero) is 1. The molecule has 3 rings (SSSR count). The number of nitrogens with two attached hydrogens (primary N) is 1. The van der Waals surface area contributed by atoms with Gasteiger partial charge in [-0.25, -0.2) is 4.98 Å². The van der Waals surface area contributed by atoms with Crippen LogP contribution in [0.3, 0.4) is 0 Å². The van der Waals surface area contributed by atoms with Crippen LogP contribution in [0.2, 0.25) is 0 Å². The summed E-state index contributed by atoms with van der Waals surface area (Å²) in [6.45, 7) is 0. The molecule has 0 radical (unpaired) electrons. The van der Waals surface area contributed by atoms with Crippen LogP contribution in [-0.2, 0) is 11.2 Å². The van der Waals surface area contributed by atoms with E-state index in [1.807, 2.05) is 0 Å². The molecule has 3 N–H and O–H groups in total. The van der Waals surface area contributed by atoms with Gasteiger partial charge in [0.25, 0.3) is 0 Å². The molecule has 1 aromatic heterocycles. The van der Waals surface area contributed by atoms with Crippen molar-refractivity contribution in [3.05, 3.63) is 76.3 Å². The fraction of sp³-hybridized carbons (Fsp3) is 0.263. The number of aromatic nitrogens is 2. The number of ketones is 1. The van der Waals surface area contributed by atoms with Gasteiger partial charge in [-0.3, -0.25) is 4.79 Å². The number of hydrogen-bond donors (Lipinski definition) is 2. The highest BCUT2D eigenvalue weighted by Gasteiger charge is 2.18. The highest BCUT2D eigenvalue weighted by Crippen LogP contribution is 2.28. The summed E-state index contributed by atoms with van der Waals surface area (Å²) in [4.78, 5) is 19.2. The van der Waals surface area contributed by atoms with Gasteiger partial charge < -0.3 is 10.7 Å². The topological polar surface area (TPSA) is 71.8 Å². The number of rotatable bonds is 6. The van der Waals surface area contributed by atoms with E-state index < -0.39 is 6.04 Å². The number of nitrogens with zero attached hydrogens (tertiary/aromatic N) is 1. The first-order valence-corrected chi connectivity index (χ1v) is 8.79. The van der Waals surface area contributed by atoms with Gasteiger partial charge in [-0.1, -0.05) is 46.3 Å². The number of hydrogen-bond acceptors (Lipinski definition) is 3. The molecule has 0 spiro atoms. The molecule has 0 aliphatic heterocycles. The van der Waals surface area contributed by atoms with Crippen molar-refractivity contribution >= 4 is 21.7 Å². The average Bonchev–Trinajstić information content (AvgIpc) is 3.09.